The number of anilines is 1. The van der Waals surface area contributed by atoms with Gasteiger partial charge in [0.2, 0.25) is 0 Å². The van der Waals surface area contributed by atoms with Crippen LogP contribution < -0.4 is 5.32 Å². The Bertz CT molecular complexity index is 685. The summed E-state index contributed by atoms with van der Waals surface area (Å²) in [7, 11) is 0. The molecule has 0 aliphatic heterocycles. The van der Waals surface area contributed by atoms with Crippen LogP contribution in [0.2, 0.25) is 0 Å². The molecule has 1 aromatic heterocycles. The maximum Gasteiger partial charge on any atom is 0.254 e. The molecule has 3 rings (SSSR count). The van der Waals surface area contributed by atoms with Gasteiger partial charge in [0.05, 0.1) is 6.61 Å². The number of thiazole rings is 1. The predicted octanol–water partition coefficient (Wildman–Crippen LogP) is 3.63. The Morgan fingerprint density at radius 1 is 1.48 bits per heavy atom. The standard InChI is InChI=1S/C17H19FN2O2S/c1-11(22-10-12-6-7-12)16(21)20-17-19-9-14(23-17)8-13-4-2-3-5-15(13)18/h2-5,9,11-12H,6-8,10H2,1H3,(H,19,20,21). The summed E-state index contributed by atoms with van der Waals surface area (Å²) < 4.78 is 19.2. The number of carbonyl (C=O) groups is 1. The van der Waals surface area contributed by atoms with Gasteiger partial charge in [-0.15, -0.1) is 11.3 Å². The minimum atomic E-state index is -0.491. The molecule has 1 aromatic carbocycles. The van der Waals surface area contributed by atoms with Gasteiger partial charge in [-0.2, -0.15) is 0 Å². The van der Waals surface area contributed by atoms with Crippen molar-refractivity contribution in [3.63, 3.8) is 0 Å². The van der Waals surface area contributed by atoms with E-state index in [0.29, 0.717) is 29.6 Å². The summed E-state index contributed by atoms with van der Waals surface area (Å²) in [6, 6.07) is 6.67. The van der Waals surface area contributed by atoms with Crippen LogP contribution >= 0.6 is 11.3 Å². The first kappa shape index (κ1) is 16.1. The number of rotatable bonds is 7. The lowest BCUT2D eigenvalue weighted by molar-refractivity contribution is -0.126. The van der Waals surface area contributed by atoms with Gasteiger partial charge in [-0.3, -0.25) is 10.1 Å². The Morgan fingerprint density at radius 2 is 2.26 bits per heavy atom. The molecule has 1 N–H and O–H groups in total. The highest BCUT2D eigenvalue weighted by Crippen LogP contribution is 2.29. The number of carbonyl (C=O) groups excluding carboxylic acids is 1. The molecule has 1 amide bonds. The largest absolute Gasteiger partial charge is 0.368 e. The predicted molar refractivity (Wildman–Crippen MR) is 88.1 cm³/mol. The summed E-state index contributed by atoms with van der Waals surface area (Å²) in [5.41, 5.74) is 0.621. The molecule has 6 heteroatoms. The van der Waals surface area contributed by atoms with E-state index in [4.69, 9.17) is 4.74 Å². The van der Waals surface area contributed by atoms with Gasteiger partial charge in [-0.05, 0) is 37.3 Å². The van der Waals surface area contributed by atoms with E-state index < -0.39 is 6.10 Å². The first-order valence-corrected chi connectivity index (χ1v) is 8.54. The molecule has 0 spiro atoms. The highest BCUT2D eigenvalue weighted by molar-refractivity contribution is 7.15. The molecule has 1 aliphatic rings. The van der Waals surface area contributed by atoms with Crippen LogP contribution in [-0.4, -0.2) is 23.6 Å². The summed E-state index contributed by atoms with van der Waals surface area (Å²) >= 11 is 1.35. The molecule has 0 saturated heterocycles. The number of hydrogen-bond acceptors (Lipinski definition) is 4. The van der Waals surface area contributed by atoms with Gasteiger partial charge >= 0.3 is 0 Å². The number of nitrogens with one attached hydrogen (secondary N) is 1. The summed E-state index contributed by atoms with van der Waals surface area (Å²) in [6.45, 7) is 2.39. The lowest BCUT2D eigenvalue weighted by Gasteiger charge is -2.11. The lowest BCUT2D eigenvalue weighted by Crippen LogP contribution is -2.28. The highest BCUT2D eigenvalue weighted by atomic mass is 32.1. The van der Waals surface area contributed by atoms with Crippen LogP contribution in [0.1, 0.15) is 30.2 Å². The fraction of sp³-hybridized carbons (Fsp3) is 0.412. The van der Waals surface area contributed by atoms with E-state index in [2.05, 4.69) is 10.3 Å². The van der Waals surface area contributed by atoms with Gasteiger partial charge in [0.1, 0.15) is 11.9 Å². The average Bonchev–Trinajstić information content (AvgIpc) is 3.27. The number of ether oxygens (including phenoxy) is 1. The normalized spacial score (nSPS) is 15.4. The van der Waals surface area contributed by atoms with Crippen LogP contribution in [0.15, 0.2) is 30.5 Å². The van der Waals surface area contributed by atoms with Crippen LogP contribution in [0.3, 0.4) is 0 Å². The van der Waals surface area contributed by atoms with Crippen LogP contribution in [-0.2, 0) is 16.0 Å². The van der Waals surface area contributed by atoms with Gasteiger partial charge in [-0.1, -0.05) is 18.2 Å². The number of aromatic nitrogens is 1. The quantitative estimate of drug-likeness (QED) is 0.841. The van der Waals surface area contributed by atoms with E-state index in [1.165, 1.54) is 30.2 Å². The smallest absolute Gasteiger partial charge is 0.254 e. The van der Waals surface area contributed by atoms with Crippen molar-refractivity contribution in [1.82, 2.24) is 4.98 Å². The Labute approximate surface area is 138 Å². The SMILES string of the molecule is CC(OCC1CC1)C(=O)Nc1ncc(Cc2ccccc2F)s1. The maximum absolute atomic E-state index is 13.7. The average molecular weight is 334 g/mol. The number of benzene rings is 1. The second-order valence-corrected chi connectivity index (χ2v) is 6.92. The molecular formula is C17H19FN2O2S. The minimum Gasteiger partial charge on any atom is -0.368 e. The number of hydrogen-bond donors (Lipinski definition) is 1. The molecule has 1 atom stereocenters. The van der Waals surface area contributed by atoms with Crippen molar-refractivity contribution in [3.05, 3.63) is 46.7 Å². The van der Waals surface area contributed by atoms with Crippen molar-refractivity contribution >= 4 is 22.4 Å². The lowest BCUT2D eigenvalue weighted by atomic mass is 10.1. The molecule has 122 valence electrons. The van der Waals surface area contributed by atoms with Crippen molar-refractivity contribution in [3.8, 4) is 0 Å². The number of halogens is 1. The molecule has 1 unspecified atom stereocenters. The molecule has 4 nitrogen and oxygen atoms in total. The molecule has 1 fully saturated rings. The van der Waals surface area contributed by atoms with Crippen LogP contribution in [0, 0.1) is 11.7 Å². The Hall–Kier alpha value is -1.79. The van der Waals surface area contributed by atoms with Crippen molar-refractivity contribution < 1.29 is 13.9 Å². The van der Waals surface area contributed by atoms with Crippen molar-refractivity contribution in [2.45, 2.75) is 32.3 Å². The zero-order chi connectivity index (χ0) is 16.2. The Kier molecular flexibility index (Phi) is 5.03. The topological polar surface area (TPSA) is 51.2 Å². The summed E-state index contributed by atoms with van der Waals surface area (Å²) in [5, 5.41) is 3.27. The van der Waals surface area contributed by atoms with E-state index in [1.807, 2.05) is 0 Å². The van der Waals surface area contributed by atoms with E-state index in [0.717, 1.165) is 4.88 Å². The molecule has 2 aromatic rings. The molecular weight excluding hydrogens is 315 g/mol. The van der Waals surface area contributed by atoms with E-state index >= 15 is 0 Å². The summed E-state index contributed by atoms with van der Waals surface area (Å²) in [4.78, 5) is 17.1. The Balaban J connectivity index is 1.54. The monoisotopic (exact) mass is 334 g/mol. The fourth-order valence-corrected chi connectivity index (χ4v) is 2.96. The maximum atomic E-state index is 13.7. The first-order chi connectivity index (χ1) is 11.1. The minimum absolute atomic E-state index is 0.197. The second-order valence-electron chi connectivity index (χ2n) is 5.81. The van der Waals surface area contributed by atoms with Gasteiger partial charge in [0.15, 0.2) is 5.13 Å². The van der Waals surface area contributed by atoms with Gasteiger partial charge in [0, 0.05) is 17.5 Å². The van der Waals surface area contributed by atoms with Crippen molar-refractivity contribution in [2.24, 2.45) is 5.92 Å². The number of nitrogens with zero attached hydrogens (tertiary/aromatic N) is 1. The first-order valence-electron chi connectivity index (χ1n) is 7.72. The molecule has 1 aliphatic carbocycles. The van der Waals surface area contributed by atoms with Crippen LogP contribution in [0.4, 0.5) is 9.52 Å². The van der Waals surface area contributed by atoms with E-state index in [1.54, 1.807) is 31.3 Å². The molecule has 1 heterocycles. The third-order valence-electron chi connectivity index (χ3n) is 3.75. The van der Waals surface area contributed by atoms with Crippen molar-refractivity contribution in [2.75, 3.05) is 11.9 Å². The molecule has 23 heavy (non-hydrogen) atoms. The van der Waals surface area contributed by atoms with E-state index in [-0.39, 0.29) is 11.7 Å². The van der Waals surface area contributed by atoms with Gasteiger partial charge in [-0.25, -0.2) is 9.37 Å². The third kappa shape index (κ3) is 4.59. The van der Waals surface area contributed by atoms with E-state index in [9.17, 15) is 9.18 Å². The zero-order valence-electron chi connectivity index (χ0n) is 12.9. The molecule has 1 saturated carbocycles. The molecule has 0 radical (unpaired) electrons. The van der Waals surface area contributed by atoms with Crippen LogP contribution in [0.25, 0.3) is 0 Å². The highest BCUT2D eigenvalue weighted by Gasteiger charge is 2.24. The molecule has 0 bridgehead atoms. The van der Waals surface area contributed by atoms with Crippen LogP contribution in [0.5, 0.6) is 0 Å². The third-order valence-corrected chi connectivity index (χ3v) is 4.67. The fourth-order valence-electron chi connectivity index (χ4n) is 2.12. The second kappa shape index (κ2) is 7.19. The van der Waals surface area contributed by atoms with Gasteiger partial charge in [0.25, 0.3) is 5.91 Å². The summed E-state index contributed by atoms with van der Waals surface area (Å²) in [5.74, 6) is 0.198. The summed E-state index contributed by atoms with van der Waals surface area (Å²) in [6.07, 6.45) is 4.03. The van der Waals surface area contributed by atoms with Crippen molar-refractivity contribution in [1.29, 1.82) is 0 Å². The van der Waals surface area contributed by atoms with Gasteiger partial charge < -0.3 is 4.74 Å². The Morgan fingerprint density at radius 3 is 3.00 bits per heavy atom. The zero-order valence-corrected chi connectivity index (χ0v) is 13.7. The number of amides is 1.